The van der Waals surface area contributed by atoms with Gasteiger partial charge in [-0.05, 0) is 49.6 Å². The highest BCUT2D eigenvalue weighted by Crippen LogP contribution is 2.23. The van der Waals surface area contributed by atoms with Gasteiger partial charge in [0, 0.05) is 4.88 Å². The molecule has 1 heterocycles. The molecule has 6 heteroatoms. The van der Waals surface area contributed by atoms with Crippen LogP contribution in [-0.4, -0.2) is 18.4 Å². The molecule has 0 aliphatic carbocycles. The minimum Gasteiger partial charge on any atom is -0.342 e. The van der Waals surface area contributed by atoms with Gasteiger partial charge in [0.25, 0.3) is 5.91 Å². The number of benzene rings is 1. The minimum atomic E-state index is -0.312. The average Bonchev–Trinajstić information content (AvgIpc) is 2.89. The van der Waals surface area contributed by atoms with Crippen LogP contribution in [0.25, 0.3) is 0 Å². The van der Waals surface area contributed by atoms with Crippen LogP contribution in [0.15, 0.2) is 24.3 Å². The second-order valence-electron chi connectivity index (χ2n) is 5.26. The first-order valence-corrected chi connectivity index (χ1v) is 8.53. The zero-order chi connectivity index (χ0) is 17.0. The van der Waals surface area contributed by atoms with E-state index < -0.39 is 0 Å². The average molecular weight is 351 g/mol. The zero-order valence-corrected chi connectivity index (χ0v) is 14.9. The molecule has 0 radical (unpaired) electrons. The molecule has 23 heavy (non-hydrogen) atoms. The summed E-state index contributed by atoms with van der Waals surface area (Å²) in [4.78, 5) is 25.8. The number of carbonyl (C=O) groups is 2. The third-order valence-electron chi connectivity index (χ3n) is 3.43. The van der Waals surface area contributed by atoms with Gasteiger partial charge in [0.05, 0.1) is 22.1 Å². The normalized spacial score (nSPS) is 10.4. The Hall–Kier alpha value is -1.85. The Kier molecular flexibility index (Phi) is 5.80. The highest BCUT2D eigenvalue weighted by atomic mass is 35.5. The van der Waals surface area contributed by atoms with Gasteiger partial charge in [-0.3, -0.25) is 9.59 Å². The Bertz CT molecular complexity index is 740. The molecule has 2 amide bonds. The van der Waals surface area contributed by atoms with Crippen molar-refractivity contribution >= 4 is 40.4 Å². The van der Waals surface area contributed by atoms with Crippen LogP contribution >= 0.6 is 22.9 Å². The number of aryl methyl sites for hydroxylation is 3. The number of thiophene rings is 1. The summed E-state index contributed by atoms with van der Waals surface area (Å²) in [5.41, 5.74) is 2.72. The molecule has 0 saturated heterocycles. The zero-order valence-electron chi connectivity index (χ0n) is 13.3. The number of carbonyl (C=O) groups excluding carboxylic acids is 2. The van der Waals surface area contributed by atoms with Gasteiger partial charge in [0.1, 0.15) is 0 Å². The fourth-order valence-electron chi connectivity index (χ4n) is 2.15. The summed E-state index contributed by atoms with van der Waals surface area (Å²) in [5.74, 6) is -0.545. The Morgan fingerprint density at radius 3 is 2.57 bits per heavy atom. The van der Waals surface area contributed by atoms with Crippen molar-refractivity contribution in [1.82, 2.24) is 5.32 Å². The van der Waals surface area contributed by atoms with Crippen molar-refractivity contribution < 1.29 is 9.59 Å². The van der Waals surface area contributed by atoms with E-state index in [4.69, 9.17) is 11.6 Å². The van der Waals surface area contributed by atoms with Crippen molar-refractivity contribution in [3.63, 3.8) is 0 Å². The molecule has 0 bridgehead atoms. The maximum absolute atomic E-state index is 12.1. The van der Waals surface area contributed by atoms with Crippen LogP contribution in [0.2, 0.25) is 5.02 Å². The van der Waals surface area contributed by atoms with Crippen LogP contribution in [0.4, 0.5) is 5.69 Å². The highest BCUT2D eigenvalue weighted by molar-refractivity contribution is 7.14. The standard InChI is InChI=1S/C17H19ClN2O2S/c1-4-12-8-15(23-11(12)3)17(22)19-9-16(21)20-14-6-5-10(2)7-13(14)18/h5-8H,4,9H2,1-3H3,(H,19,22)(H,20,21). The fraction of sp³-hybridized carbons (Fsp3) is 0.294. The molecule has 0 fully saturated rings. The van der Waals surface area contributed by atoms with Crippen LogP contribution in [0, 0.1) is 13.8 Å². The molecule has 0 unspecified atom stereocenters. The number of nitrogens with one attached hydrogen (secondary N) is 2. The van der Waals surface area contributed by atoms with Gasteiger partial charge in [-0.15, -0.1) is 11.3 Å². The van der Waals surface area contributed by atoms with Crippen molar-refractivity contribution in [2.75, 3.05) is 11.9 Å². The number of hydrogen-bond donors (Lipinski definition) is 2. The molecule has 2 N–H and O–H groups in total. The highest BCUT2D eigenvalue weighted by Gasteiger charge is 2.13. The van der Waals surface area contributed by atoms with Gasteiger partial charge in [-0.2, -0.15) is 0 Å². The molecule has 4 nitrogen and oxygen atoms in total. The van der Waals surface area contributed by atoms with E-state index in [9.17, 15) is 9.59 Å². The van der Waals surface area contributed by atoms with Crippen LogP contribution in [0.5, 0.6) is 0 Å². The monoisotopic (exact) mass is 350 g/mol. The van der Waals surface area contributed by atoms with Crippen LogP contribution < -0.4 is 10.6 Å². The number of halogens is 1. The smallest absolute Gasteiger partial charge is 0.261 e. The Labute approximate surface area is 144 Å². The maximum atomic E-state index is 12.1. The first-order valence-electron chi connectivity index (χ1n) is 7.34. The van der Waals surface area contributed by atoms with E-state index in [1.54, 1.807) is 12.1 Å². The second-order valence-corrected chi connectivity index (χ2v) is 6.92. The number of anilines is 1. The van der Waals surface area contributed by atoms with E-state index >= 15 is 0 Å². The van der Waals surface area contributed by atoms with E-state index in [1.807, 2.05) is 26.0 Å². The summed E-state index contributed by atoms with van der Waals surface area (Å²) >= 11 is 7.51. The molecular formula is C17H19ClN2O2S. The molecule has 0 atom stereocenters. The Morgan fingerprint density at radius 2 is 1.96 bits per heavy atom. The minimum absolute atomic E-state index is 0.0958. The number of rotatable bonds is 5. The van der Waals surface area contributed by atoms with E-state index in [-0.39, 0.29) is 18.4 Å². The summed E-state index contributed by atoms with van der Waals surface area (Å²) in [6.45, 7) is 5.87. The van der Waals surface area contributed by atoms with Gasteiger partial charge in [0.2, 0.25) is 5.91 Å². The first-order chi connectivity index (χ1) is 10.9. The van der Waals surface area contributed by atoms with E-state index in [2.05, 4.69) is 17.6 Å². The van der Waals surface area contributed by atoms with E-state index in [0.29, 0.717) is 15.6 Å². The molecule has 1 aromatic carbocycles. The lowest BCUT2D eigenvalue weighted by Gasteiger charge is -2.08. The van der Waals surface area contributed by atoms with Crippen molar-refractivity contribution in [2.24, 2.45) is 0 Å². The molecular weight excluding hydrogens is 332 g/mol. The lowest BCUT2D eigenvalue weighted by Crippen LogP contribution is -2.32. The summed E-state index contributed by atoms with van der Waals surface area (Å²) in [7, 11) is 0. The van der Waals surface area contributed by atoms with Crippen LogP contribution in [0.3, 0.4) is 0 Å². The van der Waals surface area contributed by atoms with Crippen LogP contribution in [-0.2, 0) is 11.2 Å². The van der Waals surface area contributed by atoms with Gasteiger partial charge in [-0.1, -0.05) is 24.6 Å². The molecule has 0 saturated carbocycles. The van der Waals surface area contributed by atoms with Gasteiger partial charge >= 0.3 is 0 Å². The molecule has 2 aromatic rings. The lowest BCUT2D eigenvalue weighted by atomic mass is 10.2. The first kappa shape index (κ1) is 17.5. The number of amides is 2. The van der Waals surface area contributed by atoms with Gasteiger partial charge in [-0.25, -0.2) is 0 Å². The third-order valence-corrected chi connectivity index (χ3v) is 4.84. The summed E-state index contributed by atoms with van der Waals surface area (Å²) in [6, 6.07) is 7.26. The van der Waals surface area contributed by atoms with E-state index in [0.717, 1.165) is 22.4 Å². The summed E-state index contributed by atoms with van der Waals surface area (Å²) in [5, 5.41) is 5.80. The largest absolute Gasteiger partial charge is 0.342 e. The Morgan fingerprint density at radius 1 is 1.22 bits per heavy atom. The molecule has 2 rings (SSSR count). The van der Waals surface area contributed by atoms with Gasteiger partial charge in [0.15, 0.2) is 0 Å². The van der Waals surface area contributed by atoms with Crippen molar-refractivity contribution in [2.45, 2.75) is 27.2 Å². The molecule has 122 valence electrons. The Balaban J connectivity index is 1.91. The topological polar surface area (TPSA) is 58.2 Å². The molecule has 0 aliphatic rings. The van der Waals surface area contributed by atoms with Crippen molar-refractivity contribution in [3.8, 4) is 0 Å². The van der Waals surface area contributed by atoms with E-state index in [1.165, 1.54) is 11.3 Å². The molecule has 0 aliphatic heterocycles. The molecule has 1 aromatic heterocycles. The fourth-order valence-corrected chi connectivity index (χ4v) is 3.46. The maximum Gasteiger partial charge on any atom is 0.261 e. The second kappa shape index (κ2) is 7.62. The third kappa shape index (κ3) is 4.56. The summed E-state index contributed by atoms with van der Waals surface area (Å²) in [6.07, 6.45) is 0.891. The quantitative estimate of drug-likeness (QED) is 0.857. The SMILES string of the molecule is CCc1cc(C(=O)NCC(=O)Nc2ccc(C)cc2Cl)sc1C. The molecule has 0 spiro atoms. The van der Waals surface area contributed by atoms with Crippen molar-refractivity contribution in [3.05, 3.63) is 50.2 Å². The van der Waals surface area contributed by atoms with Gasteiger partial charge < -0.3 is 10.6 Å². The van der Waals surface area contributed by atoms with Crippen LogP contribution in [0.1, 0.15) is 32.6 Å². The lowest BCUT2D eigenvalue weighted by molar-refractivity contribution is -0.115. The summed E-state index contributed by atoms with van der Waals surface area (Å²) < 4.78 is 0. The predicted molar refractivity (Wildman–Crippen MR) is 95.6 cm³/mol. The number of hydrogen-bond acceptors (Lipinski definition) is 3. The predicted octanol–water partition coefficient (Wildman–Crippen LogP) is 3.95. The van der Waals surface area contributed by atoms with Crippen molar-refractivity contribution in [1.29, 1.82) is 0 Å².